The van der Waals surface area contributed by atoms with Gasteiger partial charge in [-0.15, -0.1) is 0 Å². The Morgan fingerprint density at radius 1 is 1.29 bits per heavy atom. The molecule has 1 atom stereocenters. The fraction of sp³-hybridized carbons (Fsp3) is 0.533. The minimum Gasteiger partial charge on any atom is -0.489 e. The number of carbonyl (C=O) groups excluding carboxylic acids is 1. The smallest absolute Gasteiger partial charge is 0.422 e. The Kier molecular flexibility index (Phi) is 5.99. The van der Waals surface area contributed by atoms with Crippen LogP contribution in [0.4, 0.5) is 4.79 Å². The average molecular weight is 296 g/mol. The van der Waals surface area contributed by atoms with Crippen molar-refractivity contribution in [2.24, 2.45) is 0 Å². The third kappa shape index (κ3) is 6.97. The SMILES string of the molecule is Cc1ccc(OC[C@@H](O)NNC(=O)OC(C)(C)C)cc1C. The van der Waals surface area contributed by atoms with E-state index in [-0.39, 0.29) is 6.61 Å². The Balaban J connectivity index is 2.32. The predicted molar refractivity (Wildman–Crippen MR) is 79.9 cm³/mol. The number of hydrogen-bond acceptors (Lipinski definition) is 5. The number of ether oxygens (including phenoxy) is 2. The molecule has 0 bridgehead atoms. The first-order valence-electron chi connectivity index (χ1n) is 6.80. The molecule has 0 saturated carbocycles. The zero-order valence-corrected chi connectivity index (χ0v) is 13.2. The standard InChI is InChI=1S/C15H24N2O4/c1-10-6-7-12(8-11(10)2)20-9-13(18)16-17-14(19)21-15(3,4)5/h6-8,13,16,18H,9H2,1-5H3,(H,17,19)/t13-/m1/s1. The number of rotatable bonds is 5. The second kappa shape index (κ2) is 7.28. The molecular formula is C15H24N2O4. The van der Waals surface area contributed by atoms with E-state index in [0.29, 0.717) is 5.75 Å². The van der Waals surface area contributed by atoms with Crippen LogP contribution in [0.5, 0.6) is 5.75 Å². The highest BCUT2D eigenvalue weighted by molar-refractivity contribution is 5.66. The Hall–Kier alpha value is -1.79. The molecule has 1 aromatic carbocycles. The van der Waals surface area contributed by atoms with Crippen molar-refractivity contribution >= 4 is 6.09 Å². The van der Waals surface area contributed by atoms with Gasteiger partial charge in [-0.3, -0.25) is 5.43 Å². The lowest BCUT2D eigenvalue weighted by atomic mass is 10.1. The number of amides is 1. The van der Waals surface area contributed by atoms with Crippen molar-refractivity contribution in [2.45, 2.75) is 46.4 Å². The largest absolute Gasteiger partial charge is 0.489 e. The van der Waals surface area contributed by atoms with Gasteiger partial charge < -0.3 is 14.6 Å². The maximum absolute atomic E-state index is 11.4. The van der Waals surface area contributed by atoms with E-state index >= 15 is 0 Å². The Labute approximate surface area is 125 Å². The molecule has 0 radical (unpaired) electrons. The van der Waals surface area contributed by atoms with Crippen LogP contribution in [-0.4, -0.2) is 29.6 Å². The zero-order chi connectivity index (χ0) is 16.0. The molecule has 0 aromatic heterocycles. The molecule has 0 fully saturated rings. The summed E-state index contributed by atoms with van der Waals surface area (Å²) in [5, 5.41) is 9.68. The van der Waals surface area contributed by atoms with Crippen LogP contribution in [0.2, 0.25) is 0 Å². The molecule has 3 N–H and O–H groups in total. The van der Waals surface area contributed by atoms with Crippen LogP contribution in [0.3, 0.4) is 0 Å². The lowest BCUT2D eigenvalue weighted by Gasteiger charge is -2.21. The van der Waals surface area contributed by atoms with E-state index in [9.17, 15) is 9.90 Å². The zero-order valence-electron chi connectivity index (χ0n) is 13.2. The summed E-state index contributed by atoms with van der Waals surface area (Å²) in [6.07, 6.45) is -1.70. The maximum atomic E-state index is 11.4. The van der Waals surface area contributed by atoms with Crippen molar-refractivity contribution in [2.75, 3.05) is 6.61 Å². The molecule has 6 heteroatoms. The molecule has 1 rings (SSSR count). The van der Waals surface area contributed by atoms with Gasteiger partial charge in [0.1, 0.15) is 18.0 Å². The summed E-state index contributed by atoms with van der Waals surface area (Å²) in [6, 6.07) is 5.67. The van der Waals surface area contributed by atoms with Crippen LogP contribution in [0.15, 0.2) is 18.2 Å². The van der Waals surface area contributed by atoms with Crippen LogP contribution in [0.1, 0.15) is 31.9 Å². The third-order valence-corrected chi connectivity index (χ3v) is 2.63. The van der Waals surface area contributed by atoms with Gasteiger partial charge in [0.15, 0.2) is 6.23 Å². The van der Waals surface area contributed by atoms with Gasteiger partial charge in [-0.1, -0.05) is 6.07 Å². The van der Waals surface area contributed by atoms with Gasteiger partial charge >= 0.3 is 6.09 Å². The molecule has 0 aliphatic heterocycles. The van der Waals surface area contributed by atoms with Crippen LogP contribution >= 0.6 is 0 Å². The molecular weight excluding hydrogens is 272 g/mol. The molecule has 6 nitrogen and oxygen atoms in total. The van der Waals surface area contributed by atoms with E-state index in [2.05, 4.69) is 10.9 Å². The quantitative estimate of drug-likeness (QED) is 0.572. The second-order valence-electron chi connectivity index (χ2n) is 5.84. The van der Waals surface area contributed by atoms with E-state index in [1.807, 2.05) is 32.0 Å². The lowest BCUT2D eigenvalue weighted by molar-refractivity contribution is 0.0309. The van der Waals surface area contributed by atoms with Gasteiger partial charge in [0.05, 0.1) is 0 Å². The molecule has 0 heterocycles. The van der Waals surface area contributed by atoms with Crippen molar-refractivity contribution in [3.8, 4) is 5.75 Å². The summed E-state index contributed by atoms with van der Waals surface area (Å²) in [5.41, 5.74) is 6.36. The second-order valence-corrected chi connectivity index (χ2v) is 5.84. The summed E-state index contributed by atoms with van der Waals surface area (Å²) in [4.78, 5) is 11.4. The normalized spacial score (nSPS) is 12.7. The molecule has 0 unspecified atom stereocenters. The van der Waals surface area contributed by atoms with Gasteiger partial charge in [-0.25, -0.2) is 10.2 Å². The molecule has 0 aliphatic rings. The predicted octanol–water partition coefficient (Wildman–Crippen LogP) is 2.03. The van der Waals surface area contributed by atoms with Crippen molar-refractivity contribution in [1.29, 1.82) is 0 Å². The van der Waals surface area contributed by atoms with Gasteiger partial charge in [0.2, 0.25) is 0 Å². The monoisotopic (exact) mass is 296 g/mol. The van der Waals surface area contributed by atoms with Crippen LogP contribution in [0, 0.1) is 13.8 Å². The number of aliphatic hydroxyl groups is 1. The lowest BCUT2D eigenvalue weighted by Crippen LogP contribution is -2.48. The summed E-state index contributed by atoms with van der Waals surface area (Å²) < 4.78 is 10.4. The average Bonchev–Trinajstić information content (AvgIpc) is 2.36. The number of hydrazine groups is 1. The number of aryl methyl sites for hydroxylation is 2. The Morgan fingerprint density at radius 2 is 1.95 bits per heavy atom. The first-order chi connectivity index (χ1) is 9.67. The fourth-order valence-corrected chi connectivity index (χ4v) is 1.47. The first kappa shape index (κ1) is 17.3. The maximum Gasteiger partial charge on any atom is 0.422 e. The first-order valence-corrected chi connectivity index (χ1v) is 6.80. The van der Waals surface area contributed by atoms with Crippen molar-refractivity contribution in [3.63, 3.8) is 0 Å². The van der Waals surface area contributed by atoms with E-state index in [4.69, 9.17) is 9.47 Å². The number of benzene rings is 1. The Morgan fingerprint density at radius 3 is 2.52 bits per heavy atom. The molecule has 0 spiro atoms. The van der Waals surface area contributed by atoms with Gasteiger partial charge in [-0.2, -0.15) is 0 Å². The molecule has 1 aromatic rings. The van der Waals surface area contributed by atoms with E-state index < -0.39 is 17.9 Å². The van der Waals surface area contributed by atoms with Crippen LogP contribution < -0.4 is 15.6 Å². The minimum absolute atomic E-state index is 0.00169. The number of hydrogen-bond donors (Lipinski definition) is 3. The topological polar surface area (TPSA) is 79.8 Å². The fourth-order valence-electron chi connectivity index (χ4n) is 1.47. The number of aliphatic hydroxyl groups excluding tert-OH is 1. The van der Waals surface area contributed by atoms with Gasteiger partial charge in [-0.05, 0) is 57.9 Å². The summed E-state index contributed by atoms with van der Waals surface area (Å²) >= 11 is 0. The highest BCUT2D eigenvalue weighted by atomic mass is 16.6. The molecule has 0 saturated heterocycles. The molecule has 118 valence electrons. The number of nitrogens with one attached hydrogen (secondary N) is 2. The highest BCUT2D eigenvalue weighted by Gasteiger charge is 2.16. The summed E-state index contributed by atoms with van der Waals surface area (Å²) in [5.74, 6) is 0.663. The number of carbonyl (C=O) groups is 1. The molecule has 1 amide bonds. The van der Waals surface area contributed by atoms with Gasteiger partial charge in [0, 0.05) is 0 Å². The third-order valence-electron chi connectivity index (χ3n) is 2.63. The van der Waals surface area contributed by atoms with E-state index in [1.165, 1.54) is 5.56 Å². The summed E-state index contributed by atoms with van der Waals surface area (Å²) in [6.45, 7) is 9.27. The molecule has 21 heavy (non-hydrogen) atoms. The van der Waals surface area contributed by atoms with E-state index in [0.717, 1.165) is 5.56 Å². The van der Waals surface area contributed by atoms with Gasteiger partial charge in [0.25, 0.3) is 0 Å². The molecule has 0 aliphatic carbocycles. The van der Waals surface area contributed by atoms with Crippen molar-refractivity contribution in [3.05, 3.63) is 29.3 Å². The van der Waals surface area contributed by atoms with Crippen LogP contribution in [-0.2, 0) is 4.74 Å². The minimum atomic E-state index is -1.04. The van der Waals surface area contributed by atoms with E-state index in [1.54, 1.807) is 20.8 Å². The Bertz CT molecular complexity index is 483. The summed E-state index contributed by atoms with van der Waals surface area (Å²) in [7, 11) is 0. The van der Waals surface area contributed by atoms with Crippen LogP contribution in [0.25, 0.3) is 0 Å². The van der Waals surface area contributed by atoms with Crippen molar-refractivity contribution in [1.82, 2.24) is 10.9 Å². The van der Waals surface area contributed by atoms with Crippen molar-refractivity contribution < 1.29 is 19.4 Å². The highest BCUT2D eigenvalue weighted by Crippen LogP contribution is 2.16.